The van der Waals surface area contributed by atoms with Crippen LogP contribution in [0.4, 0.5) is 5.69 Å². The van der Waals surface area contributed by atoms with Crippen LogP contribution in [0.5, 0.6) is 5.75 Å². The summed E-state index contributed by atoms with van der Waals surface area (Å²) in [7, 11) is 0. The van der Waals surface area contributed by atoms with Gasteiger partial charge in [-0.05, 0) is 55.0 Å². The van der Waals surface area contributed by atoms with Gasteiger partial charge in [-0.15, -0.1) is 0 Å². The average molecular weight is 437 g/mol. The zero-order chi connectivity index (χ0) is 19.1. The fourth-order valence-electron chi connectivity index (χ4n) is 2.08. The highest BCUT2D eigenvalue weighted by atomic mass is 79.9. The van der Waals surface area contributed by atoms with Crippen molar-refractivity contribution in [3.05, 3.63) is 58.1 Å². The molecule has 0 radical (unpaired) electrons. The standard InChI is InChI=1S/C18H17BrN2O4S/c1-2-8-25-13-5-3-4-11(9-13)16(22)21-18(26)20-15-7-6-12(19)10-14(15)17(23)24/h3-7,9-10H,2,8H2,1H3,(H,23,24)(H2,20,21,22,26). The molecule has 0 saturated carbocycles. The Morgan fingerprint density at radius 3 is 2.69 bits per heavy atom. The number of aromatic carboxylic acids is 1. The summed E-state index contributed by atoms with van der Waals surface area (Å²) in [5.74, 6) is -0.929. The van der Waals surface area contributed by atoms with Crippen LogP contribution in [0.1, 0.15) is 34.1 Å². The second-order valence-corrected chi connectivity index (χ2v) is 6.60. The van der Waals surface area contributed by atoms with E-state index in [0.717, 1.165) is 6.42 Å². The number of hydrogen-bond donors (Lipinski definition) is 3. The van der Waals surface area contributed by atoms with E-state index in [4.69, 9.17) is 17.0 Å². The molecule has 0 aliphatic carbocycles. The summed E-state index contributed by atoms with van der Waals surface area (Å²) in [4.78, 5) is 23.6. The highest BCUT2D eigenvalue weighted by Crippen LogP contribution is 2.21. The number of hydrogen-bond acceptors (Lipinski definition) is 4. The van der Waals surface area contributed by atoms with Crippen LogP contribution in [0, 0.1) is 0 Å². The first-order valence-corrected chi connectivity index (χ1v) is 8.99. The molecule has 0 heterocycles. The first kappa shape index (κ1) is 19.9. The predicted molar refractivity (Wildman–Crippen MR) is 107 cm³/mol. The van der Waals surface area contributed by atoms with Crippen molar-refractivity contribution in [1.82, 2.24) is 5.32 Å². The van der Waals surface area contributed by atoms with Gasteiger partial charge >= 0.3 is 5.97 Å². The summed E-state index contributed by atoms with van der Waals surface area (Å²) >= 11 is 8.34. The second kappa shape index (κ2) is 9.30. The molecule has 2 aromatic rings. The number of rotatable bonds is 6. The third-order valence-corrected chi connectivity index (χ3v) is 3.95. The summed E-state index contributed by atoms with van der Waals surface area (Å²) in [6.45, 7) is 2.56. The van der Waals surface area contributed by atoms with Gasteiger partial charge in [-0.3, -0.25) is 10.1 Å². The summed E-state index contributed by atoms with van der Waals surface area (Å²) < 4.78 is 6.13. The van der Waals surface area contributed by atoms with Gasteiger partial charge in [0.2, 0.25) is 0 Å². The number of carboxylic acid groups (broad SMARTS) is 1. The maximum absolute atomic E-state index is 12.3. The van der Waals surface area contributed by atoms with Crippen molar-refractivity contribution < 1.29 is 19.4 Å². The molecule has 0 aromatic heterocycles. The molecular weight excluding hydrogens is 420 g/mol. The Morgan fingerprint density at radius 2 is 2.00 bits per heavy atom. The Bertz CT molecular complexity index is 842. The maximum Gasteiger partial charge on any atom is 0.337 e. The summed E-state index contributed by atoms with van der Waals surface area (Å²) in [6, 6.07) is 11.4. The van der Waals surface area contributed by atoms with E-state index < -0.39 is 11.9 Å². The van der Waals surface area contributed by atoms with Gasteiger partial charge in [-0.25, -0.2) is 4.79 Å². The van der Waals surface area contributed by atoms with Crippen LogP contribution >= 0.6 is 28.1 Å². The molecule has 0 aliphatic heterocycles. The zero-order valence-corrected chi connectivity index (χ0v) is 16.3. The Balaban J connectivity index is 2.06. The number of carbonyl (C=O) groups is 2. The van der Waals surface area contributed by atoms with E-state index in [9.17, 15) is 14.7 Å². The SMILES string of the molecule is CCCOc1cccc(C(=O)NC(=S)Nc2ccc(Br)cc2C(=O)O)c1. The van der Waals surface area contributed by atoms with Crippen molar-refractivity contribution in [3.63, 3.8) is 0 Å². The van der Waals surface area contributed by atoms with Gasteiger partial charge in [0.05, 0.1) is 17.9 Å². The van der Waals surface area contributed by atoms with E-state index in [1.807, 2.05) is 6.92 Å². The maximum atomic E-state index is 12.3. The van der Waals surface area contributed by atoms with Crippen LogP contribution < -0.4 is 15.4 Å². The molecule has 136 valence electrons. The first-order chi connectivity index (χ1) is 12.4. The van der Waals surface area contributed by atoms with Crippen molar-refractivity contribution in [1.29, 1.82) is 0 Å². The van der Waals surface area contributed by atoms with E-state index in [1.165, 1.54) is 6.07 Å². The van der Waals surface area contributed by atoms with E-state index in [-0.39, 0.29) is 16.4 Å². The van der Waals surface area contributed by atoms with Gasteiger partial charge in [-0.2, -0.15) is 0 Å². The summed E-state index contributed by atoms with van der Waals surface area (Å²) in [5.41, 5.74) is 0.703. The number of ether oxygens (including phenoxy) is 1. The lowest BCUT2D eigenvalue weighted by Gasteiger charge is -2.12. The molecule has 3 N–H and O–H groups in total. The molecule has 8 heteroatoms. The van der Waals surface area contributed by atoms with E-state index in [2.05, 4.69) is 26.6 Å². The quantitative estimate of drug-likeness (QED) is 0.591. The number of carboxylic acids is 1. The number of amides is 1. The molecule has 0 unspecified atom stereocenters. The second-order valence-electron chi connectivity index (χ2n) is 5.28. The smallest absolute Gasteiger partial charge is 0.337 e. The minimum absolute atomic E-state index is 0.000276. The van der Waals surface area contributed by atoms with Crippen LogP contribution in [-0.4, -0.2) is 28.7 Å². The van der Waals surface area contributed by atoms with Gasteiger partial charge in [-0.1, -0.05) is 28.9 Å². The van der Waals surface area contributed by atoms with E-state index >= 15 is 0 Å². The molecule has 26 heavy (non-hydrogen) atoms. The lowest BCUT2D eigenvalue weighted by atomic mass is 10.2. The minimum atomic E-state index is -1.11. The minimum Gasteiger partial charge on any atom is -0.494 e. The lowest BCUT2D eigenvalue weighted by Crippen LogP contribution is -2.34. The number of thiocarbonyl (C=S) groups is 1. The van der Waals surface area contributed by atoms with Crippen molar-refractivity contribution in [3.8, 4) is 5.75 Å². The van der Waals surface area contributed by atoms with Crippen molar-refractivity contribution in [2.75, 3.05) is 11.9 Å². The fraction of sp³-hybridized carbons (Fsp3) is 0.167. The highest BCUT2D eigenvalue weighted by molar-refractivity contribution is 9.10. The molecule has 0 spiro atoms. The fourth-order valence-corrected chi connectivity index (χ4v) is 2.64. The van der Waals surface area contributed by atoms with Gasteiger partial charge < -0.3 is 15.2 Å². The van der Waals surface area contributed by atoms with Crippen LogP contribution in [0.15, 0.2) is 46.9 Å². The van der Waals surface area contributed by atoms with Crippen molar-refractivity contribution in [2.24, 2.45) is 0 Å². The first-order valence-electron chi connectivity index (χ1n) is 7.78. The summed E-state index contributed by atoms with van der Waals surface area (Å²) in [6.07, 6.45) is 0.865. The van der Waals surface area contributed by atoms with Gasteiger partial charge in [0.25, 0.3) is 5.91 Å². The number of halogens is 1. The topological polar surface area (TPSA) is 87.7 Å². The van der Waals surface area contributed by atoms with Gasteiger partial charge in [0, 0.05) is 10.0 Å². The van der Waals surface area contributed by atoms with Gasteiger partial charge in [0.1, 0.15) is 5.75 Å². The largest absolute Gasteiger partial charge is 0.494 e. The molecule has 0 aliphatic rings. The molecule has 1 amide bonds. The van der Waals surface area contributed by atoms with Crippen LogP contribution in [0.25, 0.3) is 0 Å². The molecule has 0 bridgehead atoms. The summed E-state index contributed by atoms with van der Waals surface area (Å²) in [5, 5.41) is 14.5. The third-order valence-electron chi connectivity index (χ3n) is 3.26. The zero-order valence-electron chi connectivity index (χ0n) is 13.9. The Kier molecular flexibility index (Phi) is 7.11. The van der Waals surface area contributed by atoms with Crippen molar-refractivity contribution in [2.45, 2.75) is 13.3 Å². The third kappa shape index (κ3) is 5.53. The van der Waals surface area contributed by atoms with E-state index in [1.54, 1.807) is 36.4 Å². The molecule has 0 fully saturated rings. The normalized spacial score (nSPS) is 10.1. The van der Waals surface area contributed by atoms with Crippen LogP contribution in [0.2, 0.25) is 0 Å². The molecule has 0 saturated heterocycles. The molecule has 2 aromatic carbocycles. The monoisotopic (exact) mass is 436 g/mol. The predicted octanol–water partition coefficient (Wildman–Crippen LogP) is 4.06. The lowest BCUT2D eigenvalue weighted by molar-refractivity contribution is 0.0697. The molecular formula is C18H17BrN2O4S. The van der Waals surface area contributed by atoms with Crippen LogP contribution in [0.3, 0.4) is 0 Å². The average Bonchev–Trinajstić information content (AvgIpc) is 2.61. The number of carbonyl (C=O) groups excluding carboxylic acids is 1. The Morgan fingerprint density at radius 1 is 1.23 bits per heavy atom. The Labute approximate surface area is 164 Å². The van der Waals surface area contributed by atoms with Crippen LogP contribution in [-0.2, 0) is 0 Å². The number of benzene rings is 2. The number of nitrogens with one attached hydrogen (secondary N) is 2. The van der Waals surface area contributed by atoms with Crippen molar-refractivity contribution >= 4 is 50.8 Å². The Hall–Kier alpha value is -2.45. The molecule has 2 rings (SSSR count). The van der Waals surface area contributed by atoms with E-state index in [0.29, 0.717) is 22.4 Å². The molecule has 0 atom stereocenters. The highest BCUT2D eigenvalue weighted by Gasteiger charge is 2.14. The van der Waals surface area contributed by atoms with Gasteiger partial charge in [0.15, 0.2) is 5.11 Å². The number of anilines is 1. The molecule has 6 nitrogen and oxygen atoms in total.